The van der Waals surface area contributed by atoms with Crippen LogP contribution in [-0.2, 0) is 6.42 Å². The normalized spacial score (nSPS) is 20.3. The van der Waals surface area contributed by atoms with E-state index in [1.165, 1.54) is 23.2 Å². The monoisotopic (exact) mass is 289 g/mol. The highest BCUT2D eigenvalue weighted by molar-refractivity contribution is 5.56. The SMILES string of the molecule is CCN(CC)C1CCN(c2ccc(C)cc2CC(C)N)C1. The van der Waals surface area contributed by atoms with Crippen LogP contribution in [0.15, 0.2) is 18.2 Å². The fourth-order valence-corrected chi connectivity index (χ4v) is 3.53. The summed E-state index contributed by atoms with van der Waals surface area (Å²) in [7, 11) is 0. The van der Waals surface area contributed by atoms with Gasteiger partial charge >= 0.3 is 0 Å². The van der Waals surface area contributed by atoms with Crippen molar-refractivity contribution in [2.45, 2.75) is 52.6 Å². The van der Waals surface area contributed by atoms with Crippen LogP contribution in [-0.4, -0.2) is 43.2 Å². The summed E-state index contributed by atoms with van der Waals surface area (Å²) in [5.41, 5.74) is 10.2. The smallest absolute Gasteiger partial charge is 0.0400 e. The van der Waals surface area contributed by atoms with E-state index in [1.54, 1.807) is 0 Å². The Morgan fingerprint density at radius 3 is 2.67 bits per heavy atom. The van der Waals surface area contributed by atoms with Crippen molar-refractivity contribution in [1.82, 2.24) is 4.90 Å². The van der Waals surface area contributed by atoms with E-state index >= 15 is 0 Å². The quantitative estimate of drug-likeness (QED) is 0.874. The maximum atomic E-state index is 6.03. The van der Waals surface area contributed by atoms with Gasteiger partial charge in [-0.25, -0.2) is 0 Å². The third-order valence-electron chi connectivity index (χ3n) is 4.61. The first-order valence-electron chi connectivity index (χ1n) is 8.39. The van der Waals surface area contributed by atoms with Gasteiger partial charge in [0.15, 0.2) is 0 Å². The Labute approximate surface area is 130 Å². The van der Waals surface area contributed by atoms with E-state index in [0.29, 0.717) is 6.04 Å². The molecule has 1 heterocycles. The molecule has 3 nitrogen and oxygen atoms in total. The topological polar surface area (TPSA) is 32.5 Å². The first-order valence-corrected chi connectivity index (χ1v) is 8.39. The van der Waals surface area contributed by atoms with Crippen molar-refractivity contribution in [3.05, 3.63) is 29.3 Å². The highest BCUT2D eigenvalue weighted by atomic mass is 15.3. The Balaban J connectivity index is 2.15. The molecule has 3 heteroatoms. The first-order chi connectivity index (χ1) is 10.0. The molecule has 2 atom stereocenters. The van der Waals surface area contributed by atoms with Crippen LogP contribution in [0, 0.1) is 6.92 Å². The number of rotatable bonds is 6. The Kier molecular flexibility index (Phi) is 5.65. The van der Waals surface area contributed by atoms with Crippen LogP contribution in [0.4, 0.5) is 5.69 Å². The Morgan fingerprint density at radius 2 is 2.05 bits per heavy atom. The van der Waals surface area contributed by atoms with Crippen LogP contribution in [0.2, 0.25) is 0 Å². The molecular formula is C18H31N3. The van der Waals surface area contributed by atoms with Gasteiger partial charge in [-0.05, 0) is 51.4 Å². The van der Waals surface area contributed by atoms with Gasteiger partial charge in [0.05, 0.1) is 0 Å². The molecule has 1 aromatic rings. The zero-order valence-electron chi connectivity index (χ0n) is 14.1. The number of nitrogens with two attached hydrogens (primary N) is 1. The number of benzene rings is 1. The van der Waals surface area contributed by atoms with E-state index in [1.807, 2.05) is 0 Å². The van der Waals surface area contributed by atoms with Crippen molar-refractivity contribution in [2.24, 2.45) is 5.73 Å². The van der Waals surface area contributed by atoms with Gasteiger partial charge < -0.3 is 10.6 Å². The average molecular weight is 289 g/mol. The van der Waals surface area contributed by atoms with E-state index in [-0.39, 0.29) is 6.04 Å². The molecule has 2 N–H and O–H groups in total. The van der Waals surface area contributed by atoms with Crippen molar-refractivity contribution in [3.63, 3.8) is 0 Å². The molecule has 0 bridgehead atoms. The van der Waals surface area contributed by atoms with Crippen molar-refractivity contribution in [2.75, 3.05) is 31.1 Å². The molecule has 0 radical (unpaired) electrons. The molecule has 21 heavy (non-hydrogen) atoms. The number of hydrogen-bond donors (Lipinski definition) is 1. The molecule has 1 aromatic carbocycles. The van der Waals surface area contributed by atoms with Crippen molar-refractivity contribution < 1.29 is 0 Å². The molecule has 0 aromatic heterocycles. The number of aryl methyl sites for hydroxylation is 1. The zero-order valence-corrected chi connectivity index (χ0v) is 14.1. The van der Waals surface area contributed by atoms with Gasteiger partial charge in [0.2, 0.25) is 0 Å². The number of anilines is 1. The van der Waals surface area contributed by atoms with Gasteiger partial charge in [0.25, 0.3) is 0 Å². The minimum absolute atomic E-state index is 0.215. The first kappa shape index (κ1) is 16.3. The fraction of sp³-hybridized carbons (Fsp3) is 0.667. The summed E-state index contributed by atoms with van der Waals surface area (Å²) in [6.45, 7) is 13.4. The summed E-state index contributed by atoms with van der Waals surface area (Å²) in [5.74, 6) is 0. The summed E-state index contributed by atoms with van der Waals surface area (Å²) in [5, 5.41) is 0. The van der Waals surface area contributed by atoms with Crippen molar-refractivity contribution in [1.29, 1.82) is 0 Å². The molecule has 0 saturated carbocycles. The van der Waals surface area contributed by atoms with Crippen molar-refractivity contribution >= 4 is 5.69 Å². The summed E-state index contributed by atoms with van der Waals surface area (Å²) in [6.07, 6.45) is 2.23. The predicted molar refractivity (Wildman–Crippen MR) is 92.1 cm³/mol. The zero-order chi connectivity index (χ0) is 15.4. The summed E-state index contributed by atoms with van der Waals surface area (Å²) >= 11 is 0. The largest absolute Gasteiger partial charge is 0.370 e. The van der Waals surface area contributed by atoms with Gasteiger partial charge in [-0.15, -0.1) is 0 Å². The van der Waals surface area contributed by atoms with E-state index in [4.69, 9.17) is 5.73 Å². The van der Waals surface area contributed by atoms with Crippen LogP contribution in [0.25, 0.3) is 0 Å². The minimum Gasteiger partial charge on any atom is -0.370 e. The van der Waals surface area contributed by atoms with Gasteiger partial charge in [-0.1, -0.05) is 31.5 Å². The molecule has 0 spiro atoms. The van der Waals surface area contributed by atoms with E-state index in [0.717, 1.165) is 32.6 Å². The van der Waals surface area contributed by atoms with Crippen molar-refractivity contribution in [3.8, 4) is 0 Å². The average Bonchev–Trinajstić information content (AvgIpc) is 2.89. The lowest BCUT2D eigenvalue weighted by molar-refractivity contribution is 0.232. The molecule has 1 aliphatic heterocycles. The lowest BCUT2D eigenvalue weighted by Gasteiger charge is -2.28. The molecule has 1 saturated heterocycles. The molecule has 2 unspecified atom stereocenters. The van der Waals surface area contributed by atoms with Gasteiger partial charge in [0, 0.05) is 30.9 Å². The van der Waals surface area contributed by atoms with Crippen LogP contribution in [0.1, 0.15) is 38.3 Å². The maximum Gasteiger partial charge on any atom is 0.0400 e. The molecule has 2 rings (SSSR count). The Morgan fingerprint density at radius 1 is 1.33 bits per heavy atom. The molecule has 1 aliphatic rings. The predicted octanol–water partition coefficient (Wildman–Crippen LogP) is 2.81. The van der Waals surface area contributed by atoms with Gasteiger partial charge in [0.1, 0.15) is 0 Å². The number of hydrogen-bond acceptors (Lipinski definition) is 3. The standard InChI is InChI=1S/C18H31N3/c1-5-20(6-2)17-9-10-21(13-17)18-8-7-14(3)11-16(18)12-15(4)19/h7-8,11,15,17H,5-6,9-10,12-13,19H2,1-4H3. The fourth-order valence-electron chi connectivity index (χ4n) is 3.53. The van der Waals surface area contributed by atoms with Crippen LogP contribution in [0.5, 0.6) is 0 Å². The van der Waals surface area contributed by atoms with E-state index in [9.17, 15) is 0 Å². The summed E-state index contributed by atoms with van der Waals surface area (Å²) in [6, 6.07) is 7.74. The summed E-state index contributed by atoms with van der Waals surface area (Å²) in [4.78, 5) is 5.14. The Bertz CT molecular complexity index is 452. The highest BCUT2D eigenvalue weighted by Gasteiger charge is 2.27. The minimum atomic E-state index is 0.215. The molecule has 0 amide bonds. The lowest BCUT2D eigenvalue weighted by Crippen LogP contribution is -2.37. The second-order valence-electron chi connectivity index (χ2n) is 6.42. The van der Waals surface area contributed by atoms with Gasteiger partial charge in [-0.3, -0.25) is 4.90 Å². The highest BCUT2D eigenvalue weighted by Crippen LogP contribution is 2.28. The molecule has 0 aliphatic carbocycles. The van der Waals surface area contributed by atoms with Crippen LogP contribution >= 0.6 is 0 Å². The van der Waals surface area contributed by atoms with E-state index in [2.05, 4.69) is 55.7 Å². The van der Waals surface area contributed by atoms with E-state index < -0.39 is 0 Å². The van der Waals surface area contributed by atoms with Crippen LogP contribution < -0.4 is 10.6 Å². The third-order valence-corrected chi connectivity index (χ3v) is 4.61. The van der Waals surface area contributed by atoms with Crippen LogP contribution in [0.3, 0.4) is 0 Å². The summed E-state index contributed by atoms with van der Waals surface area (Å²) < 4.78 is 0. The van der Waals surface area contributed by atoms with Gasteiger partial charge in [-0.2, -0.15) is 0 Å². The number of nitrogens with zero attached hydrogens (tertiary/aromatic N) is 2. The lowest BCUT2D eigenvalue weighted by atomic mass is 10.0. The maximum absolute atomic E-state index is 6.03. The molecule has 118 valence electrons. The second-order valence-corrected chi connectivity index (χ2v) is 6.42. The number of likely N-dealkylation sites (N-methyl/N-ethyl adjacent to an activating group) is 1. The Hall–Kier alpha value is -1.06. The molecular weight excluding hydrogens is 258 g/mol. The third kappa shape index (κ3) is 3.98. The second kappa shape index (κ2) is 7.28. The molecule has 1 fully saturated rings.